The van der Waals surface area contributed by atoms with Crippen LogP contribution in [0.5, 0.6) is 17.2 Å². The molecule has 0 bridgehead atoms. The number of aliphatic hydroxyl groups is 1. The SMILES string of the molecule is COc1cc(C(O)CNC2CC2)cc(OC)c1OC. The van der Waals surface area contributed by atoms with Crippen molar-refractivity contribution in [1.29, 1.82) is 0 Å². The average Bonchev–Trinajstić information content (AvgIpc) is 3.27. The van der Waals surface area contributed by atoms with Crippen LogP contribution in [0.3, 0.4) is 0 Å². The lowest BCUT2D eigenvalue weighted by Crippen LogP contribution is -2.23. The summed E-state index contributed by atoms with van der Waals surface area (Å²) in [6.45, 7) is 0.531. The molecule has 1 aliphatic carbocycles. The van der Waals surface area contributed by atoms with E-state index >= 15 is 0 Å². The first-order valence-electron chi connectivity index (χ1n) is 6.41. The van der Waals surface area contributed by atoms with Crippen LogP contribution < -0.4 is 19.5 Å². The van der Waals surface area contributed by atoms with Crippen LogP contribution in [0.2, 0.25) is 0 Å². The molecular formula is C14H21NO4. The molecule has 2 rings (SSSR count). The van der Waals surface area contributed by atoms with Gasteiger partial charge in [-0.25, -0.2) is 0 Å². The highest BCUT2D eigenvalue weighted by Crippen LogP contribution is 2.39. The van der Waals surface area contributed by atoms with E-state index in [0.29, 0.717) is 29.8 Å². The van der Waals surface area contributed by atoms with Crippen molar-refractivity contribution >= 4 is 0 Å². The molecule has 1 aromatic rings. The minimum absolute atomic E-state index is 0.531. The number of hydrogen-bond donors (Lipinski definition) is 2. The summed E-state index contributed by atoms with van der Waals surface area (Å²) >= 11 is 0. The number of nitrogens with one attached hydrogen (secondary N) is 1. The summed E-state index contributed by atoms with van der Waals surface area (Å²) in [5, 5.41) is 13.5. The van der Waals surface area contributed by atoms with E-state index in [1.54, 1.807) is 33.5 Å². The van der Waals surface area contributed by atoms with Crippen molar-refractivity contribution in [3.8, 4) is 17.2 Å². The first-order valence-corrected chi connectivity index (χ1v) is 6.41. The Balaban J connectivity index is 2.18. The first-order chi connectivity index (χ1) is 9.19. The lowest BCUT2D eigenvalue weighted by Gasteiger charge is -2.17. The Morgan fingerprint density at radius 2 is 1.74 bits per heavy atom. The van der Waals surface area contributed by atoms with Crippen LogP contribution in [0.15, 0.2) is 12.1 Å². The van der Waals surface area contributed by atoms with E-state index in [9.17, 15) is 5.11 Å². The Hall–Kier alpha value is -1.46. The van der Waals surface area contributed by atoms with E-state index in [1.165, 1.54) is 12.8 Å². The van der Waals surface area contributed by atoms with Gasteiger partial charge in [0.2, 0.25) is 5.75 Å². The van der Waals surface area contributed by atoms with Gasteiger partial charge in [-0.15, -0.1) is 0 Å². The predicted octanol–water partition coefficient (Wildman–Crippen LogP) is 1.50. The molecule has 1 unspecified atom stereocenters. The minimum Gasteiger partial charge on any atom is -0.493 e. The van der Waals surface area contributed by atoms with Gasteiger partial charge in [0.25, 0.3) is 0 Å². The quantitative estimate of drug-likeness (QED) is 0.784. The molecule has 1 saturated carbocycles. The summed E-state index contributed by atoms with van der Waals surface area (Å²) in [5.41, 5.74) is 0.752. The Morgan fingerprint density at radius 1 is 1.16 bits per heavy atom. The molecule has 2 N–H and O–H groups in total. The molecule has 5 nitrogen and oxygen atoms in total. The van der Waals surface area contributed by atoms with Crippen molar-refractivity contribution in [1.82, 2.24) is 5.32 Å². The fourth-order valence-corrected chi connectivity index (χ4v) is 1.98. The van der Waals surface area contributed by atoms with Gasteiger partial charge in [-0.2, -0.15) is 0 Å². The van der Waals surface area contributed by atoms with E-state index in [2.05, 4.69) is 5.32 Å². The van der Waals surface area contributed by atoms with Crippen LogP contribution in [0.25, 0.3) is 0 Å². The van der Waals surface area contributed by atoms with Gasteiger partial charge in [-0.05, 0) is 30.5 Å². The van der Waals surface area contributed by atoms with E-state index in [0.717, 1.165) is 5.56 Å². The molecular weight excluding hydrogens is 246 g/mol. The summed E-state index contributed by atoms with van der Waals surface area (Å²) in [5.74, 6) is 1.65. The van der Waals surface area contributed by atoms with E-state index < -0.39 is 6.10 Å². The van der Waals surface area contributed by atoms with E-state index in [-0.39, 0.29) is 0 Å². The van der Waals surface area contributed by atoms with Crippen LogP contribution in [-0.4, -0.2) is 39.0 Å². The monoisotopic (exact) mass is 267 g/mol. The minimum atomic E-state index is -0.589. The Morgan fingerprint density at radius 3 is 2.16 bits per heavy atom. The fourth-order valence-electron chi connectivity index (χ4n) is 1.98. The second-order valence-electron chi connectivity index (χ2n) is 4.66. The molecule has 1 atom stereocenters. The zero-order valence-corrected chi connectivity index (χ0v) is 11.6. The van der Waals surface area contributed by atoms with Crippen molar-refractivity contribution in [3.63, 3.8) is 0 Å². The van der Waals surface area contributed by atoms with Crippen molar-refractivity contribution in [3.05, 3.63) is 17.7 Å². The molecule has 0 amide bonds. The largest absolute Gasteiger partial charge is 0.493 e. The number of aliphatic hydroxyl groups excluding tert-OH is 1. The highest BCUT2D eigenvalue weighted by molar-refractivity contribution is 5.54. The van der Waals surface area contributed by atoms with Gasteiger partial charge in [0.1, 0.15) is 0 Å². The van der Waals surface area contributed by atoms with Crippen LogP contribution in [0.4, 0.5) is 0 Å². The lowest BCUT2D eigenvalue weighted by atomic mass is 10.1. The summed E-state index contributed by atoms with van der Waals surface area (Å²) in [7, 11) is 4.69. The Labute approximate surface area is 113 Å². The third kappa shape index (κ3) is 3.30. The topological polar surface area (TPSA) is 60.0 Å². The van der Waals surface area contributed by atoms with Crippen molar-refractivity contribution < 1.29 is 19.3 Å². The molecule has 0 aromatic heterocycles. The molecule has 106 valence electrons. The normalized spacial score (nSPS) is 16.0. The molecule has 5 heteroatoms. The van der Waals surface area contributed by atoms with Gasteiger partial charge < -0.3 is 24.6 Å². The third-order valence-corrected chi connectivity index (χ3v) is 3.25. The van der Waals surface area contributed by atoms with Crippen LogP contribution in [0, 0.1) is 0 Å². The number of methoxy groups -OCH3 is 3. The number of rotatable bonds is 7. The van der Waals surface area contributed by atoms with Crippen LogP contribution in [-0.2, 0) is 0 Å². The second-order valence-corrected chi connectivity index (χ2v) is 4.66. The molecule has 0 radical (unpaired) electrons. The number of benzene rings is 1. The van der Waals surface area contributed by atoms with Crippen LogP contribution >= 0.6 is 0 Å². The highest BCUT2D eigenvalue weighted by Gasteiger charge is 2.23. The predicted molar refractivity (Wildman–Crippen MR) is 72.1 cm³/mol. The Bertz CT molecular complexity index is 406. The van der Waals surface area contributed by atoms with Gasteiger partial charge in [0.15, 0.2) is 11.5 Å². The van der Waals surface area contributed by atoms with Gasteiger partial charge in [-0.1, -0.05) is 0 Å². The zero-order chi connectivity index (χ0) is 13.8. The zero-order valence-electron chi connectivity index (χ0n) is 11.6. The number of ether oxygens (including phenoxy) is 3. The second kappa shape index (κ2) is 6.12. The van der Waals surface area contributed by atoms with E-state index in [1.807, 2.05) is 0 Å². The fraction of sp³-hybridized carbons (Fsp3) is 0.571. The smallest absolute Gasteiger partial charge is 0.203 e. The summed E-state index contributed by atoms with van der Waals surface area (Å²) in [4.78, 5) is 0. The average molecular weight is 267 g/mol. The van der Waals surface area contributed by atoms with Gasteiger partial charge in [-0.3, -0.25) is 0 Å². The van der Waals surface area contributed by atoms with Gasteiger partial charge >= 0.3 is 0 Å². The summed E-state index contributed by atoms with van der Waals surface area (Å²) in [6, 6.07) is 4.12. The van der Waals surface area contributed by atoms with Crippen molar-refractivity contribution in [2.75, 3.05) is 27.9 Å². The highest BCUT2D eigenvalue weighted by atomic mass is 16.5. The lowest BCUT2D eigenvalue weighted by molar-refractivity contribution is 0.173. The summed E-state index contributed by atoms with van der Waals surface area (Å²) < 4.78 is 15.8. The maximum atomic E-state index is 10.2. The van der Waals surface area contributed by atoms with E-state index in [4.69, 9.17) is 14.2 Å². The standard InChI is InChI=1S/C14H21NO4/c1-17-12-6-9(7-13(18-2)14(12)19-3)11(16)8-15-10-4-5-10/h6-7,10-11,15-16H,4-5,8H2,1-3H3. The van der Waals surface area contributed by atoms with Crippen molar-refractivity contribution in [2.24, 2.45) is 0 Å². The molecule has 1 fully saturated rings. The molecule has 0 heterocycles. The maximum absolute atomic E-state index is 10.2. The first kappa shape index (κ1) is 14.0. The third-order valence-electron chi connectivity index (χ3n) is 3.25. The maximum Gasteiger partial charge on any atom is 0.203 e. The molecule has 0 aliphatic heterocycles. The number of hydrogen-bond acceptors (Lipinski definition) is 5. The van der Waals surface area contributed by atoms with Crippen molar-refractivity contribution in [2.45, 2.75) is 25.0 Å². The molecule has 0 saturated heterocycles. The molecule has 1 aromatic carbocycles. The molecule has 19 heavy (non-hydrogen) atoms. The molecule has 0 spiro atoms. The summed E-state index contributed by atoms with van der Waals surface area (Å²) in [6.07, 6.45) is 1.80. The van der Waals surface area contributed by atoms with Crippen LogP contribution in [0.1, 0.15) is 24.5 Å². The Kier molecular flexibility index (Phi) is 4.50. The molecule has 1 aliphatic rings. The van der Waals surface area contributed by atoms with Gasteiger partial charge in [0, 0.05) is 12.6 Å². The van der Waals surface area contributed by atoms with Gasteiger partial charge in [0.05, 0.1) is 27.4 Å².